The van der Waals surface area contributed by atoms with Crippen LogP contribution in [0.1, 0.15) is 19.4 Å². The maximum absolute atomic E-state index is 13.9. The number of nitrogens with two attached hydrogens (primary N) is 1. The molecule has 0 unspecified atom stereocenters. The summed E-state index contributed by atoms with van der Waals surface area (Å²) < 4.78 is 13.9. The van der Waals surface area contributed by atoms with Crippen LogP contribution in [0.4, 0.5) is 10.1 Å². The van der Waals surface area contributed by atoms with Crippen molar-refractivity contribution in [1.82, 2.24) is 10.2 Å². The highest BCUT2D eigenvalue weighted by Crippen LogP contribution is 2.21. The average molecular weight is 320 g/mol. The van der Waals surface area contributed by atoms with Crippen molar-refractivity contribution in [1.29, 1.82) is 0 Å². The fourth-order valence-electron chi connectivity index (χ4n) is 1.87. The van der Waals surface area contributed by atoms with Gasteiger partial charge in [0, 0.05) is 7.05 Å². The second kappa shape index (κ2) is 7.44. The Balaban J connectivity index is 0.00000127. The molecule has 0 spiro atoms. The molecule has 6 nitrogen and oxygen atoms in total. The van der Waals surface area contributed by atoms with E-state index in [0.717, 1.165) is 10.5 Å². The summed E-state index contributed by atoms with van der Waals surface area (Å²) in [6, 6.07) is 4.53. The number of carbonyl (C=O) groups is 2. The molecule has 124 valence electrons. The van der Waals surface area contributed by atoms with Crippen LogP contribution in [-0.4, -0.2) is 23.8 Å². The Morgan fingerprint density at radius 3 is 2.52 bits per heavy atom. The van der Waals surface area contributed by atoms with Crippen molar-refractivity contribution in [2.24, 2.45) is 5.73 Å². The Labute approximate surface area is 134 Å². The summed E-state index contributed by atoms with van der Waals surface area (Å²) in [5.41, 5.74) is 5.80. The maximum Gasteiger partial charge on any atom is 0.268 e. The van der Waals surface area contributed by atoms with Crippen molar-refractivity contribution in [3.05, 3.63) is 53.4 Å². The van der Waals surface area contributed by atoms with Crippen molar-refractivity contribution < 1.29 is 14.0 Å². The van der Waals surface area contributed by atoms with Crippen LogP contribution in [-0.2, 0) is 9.59 Å². The van der Waals surface area contributed by atoms with Crippen LogP contribution in [0.15, 0.2) is 42.0 Å². The first-order chi connectivity index (χ1) is 10.8. The van der Waals surface area contributed by atoms with Crippen molar-refractivity contribution in [2.45, 2.75) is 20.8 Å². The molecule has 4 N–H and O–H groups in total. The number of nitrogens with one attached hydrogen (secondary N) is 2. The van der Waals surface area contributed by atoms with E-state index in [-0.39, 0.29) is 22.9 Å². The van der Waals surface area contributed by atoms with Gasteiger partial charge >= 0.3 is 0 Å². The standard InChI is InChI=1S/C14H15FN4O2.C2H6/c1-7-4-5-10(9(15)6-7)18-13-11(12(16)20)14(21)19(3)8(2)17-13;1-2/h4-6,17-18H,2H2,1,3H3,(H2,16,20);1-2H3. The lowest BCUT2D eigenvalue weighted by Crippen LogP contribution is -2.45. The summed E-state index contributed by atoms with van der Waals surface area (Å²) in [6.07, 6.45) is 0. The number of halogens is 1. The molecule has 1 aromatic rings. The van der Waals surface area contributed by atoms with Gasteiger partial charge in [0.1, 0.15) is 23.0 Å². The Kier molecular flexibility index (Phi) is 5.89. The van der Waals surface area contributed by atoms with E-state index in [1.54, 1.807) is 13.0 Å². The molecule has 0 radical (unpaired) electrons. The van der Waals surface area contributed by atoms with E-state index < -0.39 is 17.6 Å². The molecule has 0 fully saturated rings. The highest BCUT2D eigenvalue weighted by molar-refractivity contribution is 6.19. The maximum atomic E-state index is 13.9. The van der Waals surface area contributed by atoms with Gasteiger partial charge in [0.25, 0.3) is 11.8 Å². The van der Waals surface area contributed by atoms with Crippen LogP contribution < -0.4 is 16.4 Å². The zero-order valence-electron chi connectivity index (χ0n) is 13.7. The minimum Gasteiger partial charge on any atom is -0.365 e. The highest BCUT2D eigenvalue weighted by Gasteiger charge is 2.31. The van der Waals surface area contributed by atoms with Gasteiger partial charge in [-0.1, -0.05) is 26.5 Å². The van der Waals surface area contributed by atoms with E-state index in [9.17, 15) is 14.0 Å². The predicted octanol–water partition coefficient (Wildman–Crippen LogP) is 1.80. The van der Waals surface area contributed by atoms with Gasteiger partial charge in [-0.2, -0.15) is 0 Å². The van der Waals surface area contributed by atoms with Gasteiger partial charge < -0.3 is 16.4 Å². The molecule has 0 saturated heterocycles. The van der Waals surface area contributed by atoms with Gasteiger partial charge in [-0.05, 0) is 24.6 Å². The monoisotopic (exact) mass is 320 g/mol. The van der Waals surface area contributed by atoms with E-state index >= 15 is 0 Å². The molecule has 2 rings (SSSR count). The largest absolute Gasteiger partial charge is 0.365 e. The van der Waals surface area contributed by atoms with Gasteiger partial charge in [0.2, 0.25) is 0 Å². The van der Waals surface area contributed by atoms with E-state index in [2.05, 4.69) is 17.2 Å². The number of nitrogens with zero attached hydrogens (tertiary/aromatic N) is 1. The van der Waals surface area contributed by atoms with Gasteiger partial charge in [-0.15, -0.1) is 0 Å². The van der Waals surface area contributed by atoms with E-state index in [1.807, 2.05) is 13.8 Å². The molecule has 0 aliphatic carbocycles. The number of carbonyl (C=O) groups excluding carboxylic acids is 2. The molecule has 23 heavy (non-hydrogen) atoms. The predicted molar refractivity (Wildman–Crippen MR) is 87.4 cm³/mol. The minimum absolute atomic E-state index is 0.0124. The summed E-state index contributed by atoms with van der Waals surface area (Å²) in [4.78, 5) is 24.7. The third kappa shape index (κ3) is 3.88. The molecule has 0 saturated carbocycles. The molecular formula is C16H21FN4O2. The lowest BCUT2D eigenvalue weighted by atomic mass is 10.1. The van der Waals surface area contributed by atoms with Crippen LogP contribution in [0.25, 0.3) is 0 Å². The summed E-state index contributed by atoms with van der Waals surface area (Å²) in [5, 5.41) is 5.40. The molecule has 0 aromatic heterocycles. The zero-order chi connectivity index (χ0) is 17.7. The Bertz CT molecular complexity index is 683. The molecule has 1 heterocycles. The smallest absolute Gasteiger partial charge is 0.268 e. The quantitative estimate of drug-likeness (QED) is 0.741. The molecule has 1 aliphatic heterocycles. The Hall–Kier alpha value is -2.83. The molecule has 2 amide bonds. The molecule has 1 aromatic carbocycles. The normalized spacial score (nSPS) is 14.0. The summed E-state index contributed by atoms with van der Waals surface area (Å²) in [7, 11) is 1.45. The van der Waals surface area contributed by atoms with Crippen LogP contribution in [0.2, 0.25) is 0 Å². The number of aryl methyl sites for hydroxylation is 1. The SMILES string of the molecule is C=C1NC(Nc2ccc(C)cc2F)=C(C(N)=O)C(=O)N1C.CC. The van der Waals surface area contributed by atoms with Crippen LogP contribution in [0.3, 0.4) is 0 Å². The Morgan fingerprint density at radius 2 is 2.00 bits per heavy atom. The topological polar surface area (TPSA) is 87.5 Å². The number of rotatable bonds is 3. The number of hydrogen-bond donors (Lipinski definition) is 3. The summed E-state index contributed by atoms with van der Waals surface area (Å²) in [6.45, 7) is 9.39. The zero-order valence-corrected chi connectivity index (χ0v) is 13.7. The molecule has 0 atom stereocenters. The number of anilines is 1. The first kappa shape index (κ1) is 18.2. The molecule has 7 heteroatoms. The lowest BCUT2D eigenvalue weighted by Gasteiger charge is -2.29. The van der Waals surface area contributed by atoms with Crippen molar-refractivity contribution in [3.63, 3.8) is 0 Å². The number of likely N-dealkylation sites (N-methyl/N-ethyl adjacent to an activating group) is 1. The fourth-order valence-corrected chi connectivity index (χ4v) is 1.87. The number of primary amides is 1. The van der Waals surface area contributed by atoms with Gasteiger partial charge in [0.15, 0.2) is 0 Å². The van der Waals surface area contributed by atoms with Gasteiger partial charge in [0.05, 0.1) is 5.69 Å². The number of benzene rings is 1. The molecule has 1 aliphatic rings. The van der Waals surface area contributed by atoms with Crippen molar-refractivity contribution in [3.8, 4) is 0 Å². The third-order valence-corrected chi connectivity index (χ3v) is 3.07. The first-order valence-electron chi connectivity index (χ1n) is 7.12. The van der Waals surface area contributed by atoms with E-state index in [0.29, 0.717) is 0 Å². The van der Waals surface area contributed by atoms with Crippen LogP contribution in [0, 0.1) is 12.7 Å². The second-order valence-electron chi connectivity index (χ2n) is 4.66. The van der Waals surface area contributed by atoms with Crippen LogP contribution in [0.5, 0.6) is 0 Å². The first-order valence-corrected chi connectivity index (χ1v) is 7.12. The number of amides is 2. The lowest BCUT2D eigenvalue weighted by molar-refractivity contribution is -0.128. The summed E-state index contributed by atoms with van der Waals surface area (Å²) >= 11 is 0. The summed E-state index contributed by atoms with van der Waals surface area (Å²) in [5.74, 6) is -1.77. The number of hydrogen-bond acceptors (Lipinski definition) is 4. The van der Waals surface area contributed by atoms with Gasteiger partial charge in [-0.25, -0.2) is 4.39 Å². The molecular weight excluding hydrogens is 299 g/mol. The van der Waals surface area contributed by atoms with Gasteiger partial charge in [-0.3, -0.25) is 14.5 Å². The average Bonchev–Trinajstić information content (AvgIpc) is 2.49. The minimum atomic E-state index is -0.915. The van der Waals surface area contributed by atoms with Crippen molar-refractivity contribution in [2.75, 3.05) is 12.4 Å². The third-order valence-electron chi connectivity index (χ3n) is 3.07. The fraction of sp³-hybridized carbons (Fsp3) is 0.250. The van der Waals surface area contributed by atoms with Crippen LogP contribution >= 0.6 is 0 Å². The van der Waals surface area contributed by atoms with Crippen molar-refractivity contribution >= 4 is 17.5 Å². The van der Waals surface area contributed by atoms with E-state index in [1.165, 1.54) is 19.2 Å². The molecule has 0 bridgehead atoms. The van der Waals surface area contributed by atoms with E-state index in [4.69, 9.17) is 5.73 Å². The Morgan fingerprint density at radius 1 is 1.39 bits per heavy atom. The highest BCUT2D eigenvalue weighted by atomic mass is 19.1. The second-order valence-corrected chi connectivity index (χ2v) is 4.66.